The van der Waals surface area contributed by atoms with Crippen LogP contribution in [0.1, 0.15) is 11.1 Å². The summed E-state index contributed by atoms with van der Waals surface area (Å²) in [6, 6.07) is 15.0. The monoisotopic (exact) mass is 362 g/mol. The van der Waals surface area contributed by atoms with Crippen LogP contribution in [0.4, 0.5) is 17.5 Å². The number of benzene rings is 2. The van der Waals surface area contributed by atoms with Gasteiger partial charge in [0.15, 0.2) is 0 Å². The molecule has 0 bridgehead atoms. The molecule has 0 aliphatic rings. The van der Waals surface area contributed by atoms with Crippen molar-refractivity contribution in [3.63, 3.8) is 0 Å². The van der Waals surface area contributed by atoms with Crippen LogP contribution in [0.5, 0.6) is 5.75 Å². The van der Waals surface area contributed by atoms with E-state index >= 15 is 0 Å². The lowest BCUT2D eigenvalue weighted by Gasteiger charge is -2.13. The zero-order valence-corrected chi connectivity index (χ0v) is 14.0. The number of nitro groups is 1. The van der Waals surface area contributed by atoms with E-state index in [9.17, 15) is 15.4 Å². The van der Waals surface area contributed by atoms with Gasteiger partial charge in [-0.3, -0.25) is 10.1 Å². The molecule has 1 heterocycles. The van der Waals surface area contributed by atoms with Gasteiger partial charge >= 0.3 is 0 Å². The van der Waals surface area contributed by atoms with Crippen LogP contribution in [-0.2, 0) is 6.61 Å². The molecule has 0 saturated carbocycles. The lowest BCUT2D eigenvalue weighted by atomic mass is 10.1. The Morgan fingerprint density at radius 3 is 2.48 bits per heavy atom. The van der Waals surface area contributed by atoms with Gasteiger partial charge in [0.2, 0.25) is 5.95 Å². The van der Waals surface area contributed by atoms with Gasteiger partial charge in [0.25, 0.3) is 5.69 Å². The molecule has 9 heteroatoms. The standard InChI is InChI=1S/C18H14N6O3/c19-9-14-16(22-18(21)23-17(14)20)13-3-1-2-4-15(13)27-10-11-5-7-12(8-6-11)24(25)26/h1-8H,10H2,(H4,20,21,22,23). The smallest absolute Gasteiger partial charge is 0.269 e. The van der Waals surface area contributed by atoms with Crippen molar-refractivity contribution in [3.05, 3.63) is 69.8 Å². The lowest BCUT2D eigenvalue weighted by molar-refractivity contribution is -0.384. The molecular formula is C18H14N6O3. The Labute approximate surface area is 154 Å². The summed E-state index contributed by atoms with van der Waals surface area (Å²) in [6.07, 6.45) is 0. The molecule has 9 nitrogen and oxygen atoms in total. The van der Waals surface area contributed by atoms with E-state index in [1.54, 1.807) is 36.4 Å². The summed E-state index contributed by atoms with van der Waals surface area (Å²) in [5, 5.41) is 20.1. The van der Waals surface area contributed by atoms with Crippen LogP contribution in [0.2, 0.25) is 0 Å². The maximum Gasteiger partial charge on any atom is 0.269 e. The van der Waals surface area contributed by atoms with E-state index < -0.39 is 4.92 Å². The zero-order valence-electron chi connectivity index (χ0n) is 14.0. The fraction of sp³-hybridized carbons (Fsp3) is 0.0556. The normalized spacial score (nSPS) is 10.2. The van der Waals surface area contributed by atoms with Crippen LogP contribution in [-0.4, -0.2) is 14.9 Å². The average molecular weight is 362 g/mol. The second-order valence-electron chi connectivity index (χ2n) is 5.51. The molecule has 0 unspecified atom stereocenters. The third-order valence-corrected chi connectivity index (χ3v) is 3.75. The Kier molecular flexibility index (Phi) is 4.81. The molecular weight excluding hydrogens is 348 g/mol. The molecule has 3 rings (SSSR count). The number of hydrogen-bond acceptors (Lipinski definition) is 8. The van der Waals surface area contributed by atoms with E-state index in [-0.39, 0.29) is 35.3 Å². The number of nitro benzene ring substituents is 1. The average Bonchev–Trinajstić information content (AvgIpc) is 2.66. The molecule has 1 aromatic heterocycles. The van der Waals surface area contributed by atoms with Gasteiger partial charge in [0.05, 0.1) is 10.6 Å². The Hall–Kier alpha value is -4.19. The lowest BCUT2D eigenvalue weighted by Crippen LogP contribution is -2.06. The second kappa shape index (κ2) is 7.37. The molecule has 2 aromatic carbocycles. The number of nitrogen functional groups attached to an aromatic ring is 2. The molecule has 0 saturated heterocycles. The molecule has 0 atom stereocenters. The first-order valence-corrected chi connectivity index (χ1v) is 7.78. The van der Waals surface area contributed by atoms with Gasteiger partial charge in [0, 0.05) is 17.7 Å². The topological polar surface area (TPSA) is 154 Å². The molecule has 0 aliphatic carbocycles. The fourth-order valence-corrected chi connectivity index (χ4v) is 2.46. The number of anilines is 2. The van der Waals surface area contributed by atoms with Crippen molar-refractivity contribution in [1.82, 2.24) is 9.97 Å². The van der Waals surface area contributed by atoms with Crippen LogP contribution in [0, 0.1) is 21.4 Å². The summed E-state index contributed by atoms with van der Waals surface area (Å²) >= 11 is 0. The SMILES string of the molecule is N#Cc1c(N)nc(N)nc1-c1ccccc1OCc1ccc([N+](=O)[O-])cc1. The molecule has 27 heavy (non-hydrogen) atoms. The fourth-order valence-electron chi connectivity index (χ4n) is 2.46. The first-order chi connectivity index (χ1) is 13.0. The molecule has 0 amide bonds. The van der Waals surface area contributed by atoms with E-state index in [1.807, 2.05) is 6.07 Å². The van der Waals surface area contributed by atoms with Gasteiger partial charge in [-0.2, -0.15) is 10.2 Å². The maximum atomic E-state index is 10.7. The van der Waals surface area contributed by atoms with Crippen LogP contribution >= 0.6 is 0 Å². The van der Waals surface area contributed by atoms with E-state index in [1.165, 1.54) is 12.1 Å². The summed E-state index contributed by atoms with van der Waals surface area (Å²) < 4.78 is 5.84. The number of hydrogen-bond donors (Lipinski definition) is 2. The van der Waals surface area contributed by atoms with Crippen molar-refractivity contribution in [2.24, 2.45) is 0 Å². The highest BCUT2D eigenvalue weighted by atomic mass is 16.6. The van der Waals surface area contributed by atoms with E-state index in [2.05, 4.69) is 9.97 Å². The Balaban J connectivity index is 1.92. The minimum absolute atomic E-state index is 0.00440. The number of ether oxygens (including phenoxy) is 1. The summed E-state index contributed by atoms with van der Waals surface area (Å²) in [7, 11) is 0. The first-order valence-electron chi connectivity index (χ1n) is 7.78. The van der Waals surface area contributed by atoms with Gasteiger partial charge in [-0.1, -0.05) is 12.1 Å². The molecule has 4 N–H and O–H groups in total. The quantitative estimate of drug-likeness (QED) is 0.518. The number of nitrogens with two attached hydrogens (primary N) is 2. The van der Waals surface area contributed by atoms with E-state index in [0.29, 0.717) is 11.3 Å². The number of non-ortho nitro benzene ring substituents is 1. The largest absolute Gasteiger partial charge is 0.488 e. The van der Waals surface area contributed by atoms with Crippen molar-refractivity contribution >= 4 is 17.5 Å². The van der Waals surface area contributed by atoms with Crippen molar-refractivity contribution in [2.45, 2.75) is 6.61 Å². The number of rotatable bonds is 5. The second-order valence-corrected chi connectivity index (χ2v) is 5.51. The number of para-hydroxylation sites is 1. The molecule has 0 radical (unpaired) electrons. The Morgan fingerprint density at radius 1 is 1.11 bits per heavy atom. The number of nitrogens with zero attached hydrogens (tertiary/aromatic N) is 4. The van der Waals surface area contributed by atoms with Crippen molar-refractivity contribution in [3.8, 4) is 23.1 Å². The van der Waals surface area contributed by atoms with Gasteiger partial charge in [0.1, 0.15) is 29.8 Å². The summed E-state index contributed by atoms with van der Waals surface area (Å²) in [5.74, 6) is 0.404. The third-order valence-electron chi connectivity index (χ3n) is 3.75. The highest BCUT2D eigenvalue weighted by Gasteiger charge is 2.17. The molecule has 0 spiro atoms. The molecule has 0 fully saturated rings. The zero-order chi connectivity index (χ0) is 19.4. The van der Waals surface area contributed by atoms with Gasteiger partial charge in [-0.25, -0.2) is 4.98 Å². The van der Waals surface area contributed by atoms with E-state index in [0.717, 1.165) is 5.56 Å². The van der Waals surface area contributed by atoms with Gasteiger partial charge < -0.3 is 16.2 Å². The van der Waals surface area contributed by atoms with Crippen LogP contribution in [0.15, 0.2) is 48.5 Å². The van der Waals surface area contributed by atoms with Crippen LogP contribution < -0.4 is 16.2 Å². The summed E-state index contributed by atoms with van der Waals surface area (Å²) in [4.78, 5) is 18.2. The van der Waals surface area contributed by atoms with Gasteiger partial charge in [-0.15, -0.1) is 0 Å². The summed E-state index contributed by atoms with van der Waals surface area (Å²) in [6.45, 7) is 0.174. The molecule has 0 aliphatic heterocycles. The highest BCUT2D eigenvalue weighted by molar-refractivity contribution is 5.77. The van der Waals surface area contributed by atoms with Crippen molar-refractivity contribution < 1.29 is 9.66 Å². The predicted molar refractivity (Wildman–Crippen MR) is 98.4 cm³/mol. The molecule has 134 valence electrons. The minimum Gasteiger partial charge on any atom is -0.488 e. The first kappa shape index (κ1) is 17.6. The van der Waals surface area contributed by atoms with Crippen LogP contribution in [0.3, 0.4) is 0 Å². The summed E-state index contributed by atoms with van der Waals surface area (Å²) in [5.41, 5.74) is 13.1. The van der Waals surface area contributed by atoms with Gasteiger partial charge in [-0.05, 0) is 29.8 Å². The van der Waals surface area contributed by atoms with Crippen molar-refractivity contribution in [2.75, 3.05) is 11.5 Å². The number of nitriles is 1. The van der Waals surface area contributed by atoms with E-state index in [4.69, 9.17) is 16.2 Å². The highest BCUT2D eigenvalue weighted by Crippen LogP contribution is 2.33. The van der Waals surface area contributed by atoms with Crippen LogP contribution in [0.25, 0.3) is 11.3 Å². The third kappa shape index (κ3) is 3.74. The Morgan fingerprint density at radius 2 is 1.81 bits per heavy atom. The maximum absolute atomic E-state index is 10.7. The minimum atomic E-state index is -0.465. The number of aromatic nitrogens is 2. The predicted octanol–water partition coefficient (Wildman–Crippen LogP) is 2.67. The molecule has 3 aromatic rings. The van der Waals surface area contributed by atoms with Crippen molar-refractivity contribution in [1.29, 1.82) is 5.26 Å². The Bertz CT molecular complexity index is 1040.